The molecule has 3 saturated carbocycles. The molecule has 0 N–H and O–H groups in total. The van der Waals surface area contributed by atoms with E-state index >= 15 is 0 Å². The van der Waals surface area contributed by atoms with Crippen molar-refractivity contribution in [1.82, 2.24) is 15.0 Å². The Bertz CT molecular complexity index is 1090. The zero-order valence-corrected chi connectivity index (χ0v) is 16.9. The second kappa shape index (κ2) is 6.80. The summed E-state index contributed by atoms with van der Waals surface area (Å²) in [5.41, 5.74) is 0.294. The second-order valence-corrected chi connectivity index (χ2v) is 8.94. The summed E-state index contributed by atoms with van der Waals surface area (Å²) in [6, 6.07) is 4.83. The van der Waals surface area contributed by atoms with Crippen molar-refractivity contribution < 1.29 is 13.6 Å². The van der Waals surface area contributed by atoms with Crippen molar-refractivity contribution in [3.63, 3.8) is 0 Å². The number of hydrazone groups is 1. The highest BCUT2D eigenvalue weighted by atomic mass is 19.1. The van der Waals surface area contributed by atoms with E-state index in [0.717, 1.165) is 31.9 Å². The molecule has 1 aromatic heterocycles. The lowest BCUT2D eigenvalue weighted by molar-refractivity contribution is -0.213. The Morgan fingerprint density at radius 2 is 1.94 bits per heavy atom. The number of rotatable bonds is 5. The van der Waals surface area contributed by atoms with Crippen molar-refractivity contribution in [2.75, 3.05) is 18.5 Å². The highest BCUT2D eigenvalue weighted by Gasteiger charge is 2.72. The van der Waals surface area contributed by atoms with Gasteiger partial charge in [-0.1, -0.05) is 0 Å². The third kappa shape index (κ3) is 3.14. The van der Waals surface area contributed by atoms with Gasteiger partial charge in [-0.05, 0) is 42.4 Å². The van der Waals surface area contributed by atoms with Crippen molar-refractivity contribution in [2.45, 2.75) is 31.7 Å². The lowest BCUT2D eigenvalue weighted by Crippen LogP contribution is -2.70. The summed E-state index contributed by atoms with van der Waals surface area (Å²) in [7, 11) is 1.92. The average Bonchev–Trinajstić information content (AvgIpc) is 3.18. The number of benzene rings is 1. The first-order valence-electron chi connectivity index (χ1n) is 10.1. The fraction of sp³-hybridized carbons (Fsp3) is 0.409. The topological polar surface area (TPSA) is 85.5 Å². The maximum Gasteiger partial charge on any atom is 0.249 e. The number of carbonyl (C=O) groups is 1. The van der Waals surface area contributed by atoms with E-state index in [1.165, 1.54) is 23.3 Å². The van der Waals surface area contributed by atoms with Crippen molar-refractivity contribution in [3.8, 4) is 6.07 Å². The predicted octanol–water partition coefficient (Wildman–Crippen LogP) is 3.19. The van der Waals surface area contributed by atoms with E-state index in [0.29, 0.717) is 17.8 Å². The van der Waals surface area contributed by atoms with Gasteiger partial charge in [-0.15, -0.1) is 0 Å². The average molecular weight is 422 g/mol. The maximum atomic E-state index is 13.7. The summed E-state index contributed by atoms with van der Waals surface area (Å²) < 4.78 is 27.3. The van der Waals surface area contributed by atoms with Crippen LogP contribution in [-0.4, -0.2) is 40.7 Å². The summed E-state index contributed by atoms with van der Waals surface area (Å²) in [6.07, 6.45) is 7.35. The normalized spacial score (nSPS) is 27.9. The second-order valence-electron chi connectivity index (χ2n) is 8.94. The van der Waals surface area contributed by atoms with Gasteiger partial charge in [0, 0.05) is 32.3 Å². The minimum absolute atomic E-state index is 0.0455. The molecule has 2 bridgehead atoms. The smallest absolute Gasteiger partial charge is 0.249 e. The first-order chi connectivity index (χ1) is 14.8. The Balaban J connectivity index is 1.24. The van der Waals surface area contributed by atoms with Gasteiger partial charge in [0.05, 0.1) is 23.9 Å². The number of aromatic nitrogens is 2. The van der Waals surface area contributed by atoms with Crippen LogP contribution in [0.5, 0.6) is 0 Å². The molecule has 31 heavy (non-hydrogen) atoms. The van der Waals surface area contributed by atoms with Gasteiger partial charge in [0.25, 0.3) is 0 Å². The van der Waals surface area contributed by atoms with Crippen LogP contribution in [0.25, 0.3) is 0 Å². The molecule has 0 radical (unpaired) electrons. The third-order valence-corrected chi connectivity index (χ3v) is 6.62. The van der Waals surface area contributed by atoms with Crippen molar-refractivity contribution in [1.29, 1.82) is 5.26 Å². The fourth-order valence-electron chi connectivity index (χ4n) is 5.45. The van der Waals surface area contributed by atoms with Crippen LogP contribution in [0, 0.1) is 33.8 Å². The number of hydrogen-bond donors (Lipinski definition) is 0. The maximum absolute atomic E-state index is 13.7. The Labute approximate surface area is 178 Å². The van der Waals surface area contributed by atoms with Crippen LogP contribution >= 0.6 is 0 Å². The first-order valence-corrected chi connectivity index (χ1v) is 10.1. The van der Waals surface area contributed by atoms with Crippen LogP contribution in [0.15, 0.2) is 35.7 Å². The molecule has 1 atom stereocenters. The van der Waals surface area contributed by atoms with Crippen LogP contribution in [0.2, 0.25) is 0 Å². The van der Waals surface area contributed by atoms with Crippen LogP contribution in [0.3, 0.4) is 0 Å². The molecule has 6 rings (SSSR count). The Morgan fingerprint density at radius 1 is 1.23 bits per heavy atom. The van der Waals surface area contributed by atoms with Gasteiger partial charge < -0.3 is 4.90 Å². The summed E-state index contributed by atoms with van der Waals surface area (Å²) >= 11 is 0. The SMILES string of the molecule is CN(CC12CC(C(=O)N3N=CCC3c3cc(F)cc(F)c3)(C1)C2)c1cnc(C#N)cn1. The third-order valence-electron chi connectivity index (χ3n) is 6.62. The molecule has 7 nitrogen and oxygen atoms in total. The van der Waals surface area contributed by atoms with Gasteiger partial charge in [0.15, 0.2) is 5.69 Å². The summed E-state index contributed by atoms with van der Waals surface area (Å²) in [5, 5.41) is 14.5. The molecule has 1 amide bonds. The standard InChI is InChI=1S/C22H20F2N6O/c1-29(19-9-26-17(7-25)8-27-19)13-21-10-22(11-21,12-21)20(31)30-18(2-3-28-30)14-4-15(23)6-16(24)5-14/h3-6,8-9,18H,2,10-13H2,1H3. The molecule has 3 aliphatic carbocycles. The molecule has 158 valence electrons. The van der Waals surface area contributed by atoms with E-state index in [4.69, 9.17) is 5.26 Å². The Hall–Kier alpha value is -3.41. The molecule has 2 aromatic rings. The van der Waals surface area contributed by atoms with E-state index in [9.17, 15) is 13.6 Å². The quantitative estimate of drug-likeness (QED) is 0.739. The van der Waals surface area contributed by atoms with E-state index in [1.54, 1.807) is 12.4 Å². The molecule has 3 fully saturated rings. The number of amides is 1. The number of hydrogen-bond acceptors (Lipinski definition) is 6. The van der Waals surface area contributed by atoms with E-state index in [-0.39, 0.29) is 17.0 Å². The molecular formula is C22H20F2N6O. The van der Waals surface area contributed by atoms with E-state index < -0.39 is 23.1 Å². The highest BCUT2D eigenvalue weighted by molar-refractivity contribution is 5.88. The Morgan fingerprint density at radius 3 is 2.55 bits per heavy atom. The van der Waals surface area contributed by atoms with Crippen molar-refractivity contribution in [2.24, 2.45) is 15.9 Å². The largest absolute Gasteiger partial charge is 0.358 e. The summed E-state index contributed by atoms with van der Waals surface area (Å²) in [5.74, 6) is -0.708. The molecule has 0 saturated heterocycles. The lowest BCUT2D eigenvalue weighted by atomic mass is 9.34. The fourth-order valence-corrected chi connectivity index (χ4v) is 5.45. The molecule has 0 spiro atoms. The van der Waals surface area contributed by atoms with Gasteiger partial charge in [-0.25, -0.2) is 23.8 Å². The summed E-state index contributed by atoms with van der Waals surface area (Å²) in [4.78, 5) is 23.6. The molecule has 4 aliphatic rings. The zero-order chi connectivity index (χ0) is 21.8. The Kier molecular flexibility index (Phi) is 4.29. The van der Waals surface area contributed by atoms with Crippen molar-refractivity contribution in [3.05, 3.63) is 53.5 Å². The molecule has 1 aliphatic heterocycles. The van der Waals surface area contributed by atoms with Crippen LogP contribution in [-0.2, 0) is 4.79 Å². The predicted molar refractivity (Wildman–Crippen MR) is 108 cm³/mol. The summed E-state index contributed by atoms with van der Waals surface area (Å²) in [6.45, 7) is 0.740. The zero-order valence-electron chi connectivity index (χ0n) is 16.9. The first kappa shape index (κ1) is 19.5. The highest BCUT2D eigenvalue weighted by Crippen LogP contribution is 2.74. The van der Waals surface area contributed by atoms with Crippen LogP contribution in [0.4, 0.5) is 14.6 Å². The van der Waals surface area contributed by atoms with Gasteiger partial charge in [-0.2, -0.15) is 10.4 Å². The molecule has 2 heterocycles. The lowest BCUT2D eigenvalue weighted by Gasteiger charge is -2.70. The minimum Gasteiger partial charge on any atom is -0.358 e. The van der Waals surface area contributed by atoms with Gasteiger partial charge in [0.1, 0.15) is 23.5 Å². The molecule has 1 unspecified atom stereocenters. The van der Waals surface area contributed by atoms with Crippen molar-refractivity contribution >= 4 is 17.9 Å². The number of halogens is 2. The number of anilines is 1. The molecule has 1 aromatic carbocycles. The number of nitrogens with zero attached hydrogens (tertiary/aromatic N) is 6. The number of nitriles is 1. The molecular weight excluding hydrogens is 402 g/mol. The molecule has 9 heteroatoms. The van der Waals surface area contributed by atoms with Crippen LogP contribution in [0.1, 0.15) is 43.0 Å². The van der Waals surface area contributed by atoms with E-state index in [1.807, 2.05) is 18.0 Å². The minimum atomic E-state index is -0.660. The monoisotopic (exact) mass is 422 g/mol. The van der Waals surface area contributed by atoms with Gasteiger partial charge in [-0.3, -0.25) is 4.79 Å². The van der Waals surface area contributed by atoms with Gasteiger partial charge in [0.2, 0.25) is 5.91 Å². The number of carbonyl (C=O) groups excluding carboxylic acids is 1. The van der Waals surface area contributed by atoms with E-state index in [2.05, 4.69) is 15.1 Å². The van der Waals surface area contributed by atoms with Crippen LogP contribution < -0.4 is 4.90 Å². The van der Waals surface area contributed by atoms with Gasteiger partial charge >= 0.3 is 0 Å².